The summed E-state index contributed by atoms with van der Waals surface area (Å²) in [5, 5.41) is 0.300. The zero-order valence-corrected chi connectivity index (χ0v) is 9.60. The van der Waals surface area contributed by atoms with E-state index in [1.54, 1.807) is 31.2 Å². The van der Waals surface area contributed by atoms with E-state index in [-0.39, 0.29) is 6.61 Å². The maximum Gasteiger partial charge on any atom is 0.426 e. The minimum atomic E-state index is -0.861. The van der Waals surface area contributed by atoms with Crippen molar-refractivity contribution in [1.82, 2.24) is 9.66 Å². The van der Waals surface area contributed by atoms with Gasteiger partial charge in [-0.25, -0.2) is 15.0 Å². The number of hydrogen-bond acceptors (Lipinski definition) is 4. The molecule has 94 valence electrons. The van der Waals surface area contributed by atoms with Crippen molar-refractivity contribution in [2.24, 2.45) is 0 Å². The number of hydrogen-bond donors (Lipinski definition) is 2. The lowest BCUT2D eigenvalue weighted by Gasteiger charge is -2.07. The second kappa shape index (κ2) is 4.74. The van der Waals surface area contributed by atoms with Crippen molar-refractivity contribution < 1.29 is 9.53 Å². The summed E-state index contributed by atoms with van der Waals surface area (Å²) in [7, 11) is 0. The number of carbonyl (C=O) groups excluding carboxylic acids is 1. The number of para-hydroxylation sites is 1. The Hall–Kier alpha value is -2.57. The fraction of sp³-hybridized carbons (Fsp3) is 0.182. The van der Waals surface area contributed by atoms with Crippen molar-refractivity contribution in [2.75, 3.05) is 12.0 Å². The molecular weight excluding hydrogens is 238 g/mol. The number of fused-ring (bicyclic) bond motifs is 1. The van der Waals surface area contributed by atoms with Crippen LogP contribution in [0.3, 0.4) is 0 Å². The summed E-state index contributed by atoms with van der Waals surface area (Å²) in [4.78, 5) is 37.3. The van der Waals surface area contributed by atoms with E-state index in [0.717, 1.165) is 0 Å². The van der Waals surface area contributed by atoms with Gasteiger partial charge in [0.15, 0.2) is 0 Å². The number of nitrogens with one attached hydrogen (secondary N) is 2. The smallest absolute Gasteiger partial charge is 0.426 e. The van der Waals surface area contributed by atoms with Crippen LogP contribution in [-0.4, -0.2) is 22.4 Å². The Morgan fingerprint density at radius 3 is 2.83 bits per heavy atom. The van der Waals surface area contributed by atoms with Crippen LogP contribution in [0.25, 0.3) is 10.9 Å². The van der Waals surface area contributed by atoms with E-state index in [2.05, 4.69) is 15.1 Å². The molecule has 0 bridgehead atoms. The van der Waals surface area contributed by atoms with Crippen molar-refractivity contribution in [3.63, 3.8) is 0 Å². The fourth-order valence-electron chi connectivity index (χ4n) is 1.52. The summed E-state index contributed by atoms with van der Waals surface area (Å²) < 4.78 is 5.19. The highest BCUT2D eigenvalue weighted by atomic mass is 16.6. The molecular formula is C11H11N3O4. The molecule has 0 atom stereocenters. The summed E-state index contributed by atoms with van der Waals surface area (Å²) in [5.41, 5.74) is 1.14. The third kappa shape index (κ3) is 2.10. The molecule has 2 rings (SSSR count). The van der Waals surface area contributed by atoms with E-state index in [1.165, 1.54) is 0 Å². The standard InChI is InChI=1S/C11H11N3O4/c1-2-18-11(17)13-14-9(15)7-5-3-4-6-8(7)12-10(14)16/h3-6H,2H2,1H3,(H,12,16)(H,13,17). The van der Waals surface area contributed by atoms with Gasteiger partial charge in [0, 0.05) is 0 Å². The number of nitrogens with zero attached hydrogens (tertiary/aromatic N) is 1. The van der Waals surface area contributed by atoms with Crippen molar-refractivity contribution in [3.8, 4) is 0 Å². The SMILES string of the molecule is CCOC(=O)Nn1c(=O)[nH]c2ccccc2c1=O. The molecule has 0 aliphatic rings. The predicted molar refractivity (Wildman–Crippen MR) is 65.2 cm³/mol. The highest BCUT2D eigenvalue weighted by Gasteiger charge is 2.09. The van der Waals surface area contributed by atoms with Crippen LogP contribution < -0.4 is 16.7 Å². The topological polar surface area (TPSA) is 93.2 Å². The maximum atomic E-state index is 12.0. The fourth-order valence-corrected chi connectivity index (χ4v) is 1.52. The normalized spacial score (nSPS) is 10.3. The lowest BCUT2D eigenvalue weighted by molar-refractivity contribution is 0.164. The first kappa shape index (κ1) is 11.9. The number of aromatic amines is 1. The number of carbonyl (C=O) groups is 1. The van der Waals surface area contributed by atoms with Crippen LogP contribution in [0, 0.1) is 0 Å². The molecule has 0 spiro atoms. The third-order valence-corrected chi connectivity index (χ3v) is 2.28. The van der Waals surface area contributed by atoms with Gasteiger partial charge in [-0.15, -0.1) is 0 Å². The molecule has 0 aliphatic heterocycles. The summed E-state index contributed by atoms with van der Waals surface area (Å²) in [6.45, 7) is 1.76. The molecule has 7 heteroatoms. The van der Waals surface area contributed by atoms with Crippen LogP contribution in [0.5, 0.6) is 0 Å². The first-order valence-electron chi connectivity index (χ1n) is 5.31. The van der Waals surface area contributed by atoms with Crippen LogP contribution in [0.4, 0.5) is 4.79 Å². The average Bonchev–Trinajstić information content (AvgIpc) is 2.35. The number of amides is 1. The van der Waals surface area contributed by atoms with Gasteiger partial charge in [-0.3, -0.25) is 4.79 Å². The molecule has 0 unspecified atom stereocenters. The first-order valence-corrected chi connectivity index (χ1v) is 5.31. The summed E-state index contributed by atoms with van der Waals surface area (Å²) in [6.07, 6.45) is -0.861. The van der Waals surface area contributed by atoms with Crippen molar-refractivity contribution in [2.45, 2.75) is 6.92 Å². The van der Waals surface area contributed by atoms with Gasteiger partial charge in [0.2, 0.25) is 0 Å². The minimum absolute atomic E-state index is 0.145. The van der Waals surface area contributed by atoms with Crippen LogP contribution in [0.2, 0.25) is 0 Å². The quantitative estimate of drug-likeness (QED) is 0.805. The summed E-state index contributed by atoms with van der Waals surface area (Å²) in [5.74, 6) is 0. The van der Waals surface area contributed by atoms with Crippen molar-refractivity contribution >= 4 is 17.0 Å². The van der Waals surface area contributed by atoms with Crippen LogP contribution in [-0.2, 0) is 4.74 Å². The zero-order chi connectivity index (χ0) is 13.1. The van der Waals surface area contributed by atoms with Crippen molar-refractivity contribution in [1.29, 1.82) is 0 Å². The molecule has 0 saturated heterocycles. The Bertz CT molecular complexity index is 701. The lowest BCUT2D eigenvalue weighted by Crippen LogP contribution is -2.43. The molecule has 0 fully saturated rings. The molecule has 1 aromatic heterocycles. The second-order valence-electron chi connectivity index (χ2n) is 3.45. The highest BCUT2D eigenvalue weighted by molar-refractivity contribution is 5.79. The molecule has 1 heterocycles. The Morgan fingerprint density at radius 2 is 2.11 bits per heavy atom. The van der Waals surface area contributed by atoms with Gasteiger partial charge in [-0.2, -0.15) is 4.68 Å². The molecule has 0 aliphatic carbocycles. The molecule has 2 N–H and O–H groups in total. The first-order chi connectivity index (χ1) is 8.63. The predicted octanol–water partition coefficient (Wildman–Crippen LogP) is 0.390. The average molecular weight is 249 g/mol. The zero-order valence-electron chi connectivity index (χ0n) is 9.60. The van der Waals surface area contributed by atoms with E-state index in [4.69, 9.17) is 0 Å². The van der Waals surface area contributed by atoms with Gasteiger partial charge in [0.25, 0.3) is 5.56 Å². The summed E-state index contributed by atoms with van der Waals surface area (Å²) in [6, 6.07) is 6.52. The van der Waals surface area contributed by atoms with E-state index in [9.17, 15) is 14.4 Å². The highest BCUT2D eigenvalue weighted by Crippen LogP contribution is 2.02. The van der Waals surface area contributed by atoms with Gasteiger partial charge < -0.3 is 9.72 Å². The van der Waals surface area contributed by atoms with Crippen molar-refractivity contribution in [3.05, 3.63) is 45.1 Å². The van der Waals surface area contributed by atoms with Crippen LogP contribution in [0.15, 0.2) is 33.9 Å². The van der Waals surface area contributed by atoms with Gasteiger partial charge in [0.05, 0.1) is 17.5 Å². The Balaban J connectivity index is 2.55. The lowest BCUT2D eigenvalue weighted by atomic mass is 10.2. The van der Waals surface area contributed by atoms with Gasteiger partial charge >= 0.3 is 11.8 Å². The monoisotopic (exact) mass is 249 g/mol. The maximum absolute atomic E-state index is 12.0. The number of rotatable bonds is 2. The second-order valence-corrected chi connectivity index (χ2v) is 3.45. The molecule has 2 aromatic rings. The minimum Gasteiger partial charge on any atom is -0.449 e. The Kier molecular flexibility index (Phi) is 3.13. The van der Waals surface area contributed by atoms with Crippen LogP contribution >= 0.6 is 0 Å². The summed E-state index contributed by atoms with van der Waals surface area (Å²) >= 11 is 0. The number of aromatic nitrogens is 2. The largest absolute Gasteiger partial charge is 0.449 e. The third-order valence-electron chi connectivity index (χ3n) is 2.28. The van der Waals surface area contributed by atoms with Gasteiger partial charge in [-0.1, -0.05) is 12.1 Å². The van der Waals surface area contributed by atoms with Gasteiger partial charge in [-0.05, 0) is 19.1 Å². The van der Waals surface area contributed by atoms with Gasteiger partial charge in [0.1, 0.15) is 0 Å². The molecule has 1 amide bonds. The molecule has 1 aromatic carbocycles. The van der Waals surface area contributed by atoms with E-state index in [1.807, 2.05) is 0 Å². The molecule has 0 radical (unpaired) electrons. The Labute approximate surface area is 101 Å². The molecule has 7 nitrogen and oxygen atoms in total. The number of benzene rings is 1. The molecule has 18 heavy (non-hydrogen) atoms. The van der Waals surface area contributed by atoms with Crippen LogP contribution in [0.1, 0.15) is 6.92 Å². The van der Waals surface area contributed by atoms with E-state index < -0.39 is 17.3 Å². The van der Waals surface area contributed by atoms with E-state index >= 15 is 0 Å². The Morgan fingerprint density at radius 1 is 1.39 bits per heavy atom. The number of H-pyrrole nitrogens is 1. The molecule has 0 saturated carbocycles. The number of ether oxygens (including phenoxy) is 1. The van der Waals surface area contributed by atoms with E-state index in [0.29, 0.717) is 15.6 Å².